The number of rotatable bonds is 13. The molecule has 3 aliphatic rings. The second kappa shape index (κ2) is 16.7. The molecule has 7 rings (SSSR count). The summed E-state index contributed by atoms with van der Waals surface area (Å²) in [4.78, 5) is 51.6. The van der Waals surface area contributed by atoms with Crippen molar-refractivity contribution in [2.75, 3.05) is 58.9 Å². The Balaban J connectivity index is 1.06. The fourth-order valence-electron chi connectivity index (χ4n) is 9.13. The van der Waals surface area contributed by atoms with E-state index < -0.39 is 15.4 Å². The summed E-state index contributed by atoms with van der Waals surface area (Å²) in [6.07, 6.45) is 8.99. The van der Waals surface area contributed by atoms with Gasteiger partial charge in [0.2, 0.25) is 12.1 Å². The van der Waals surface area contributed by atoms with Crippen LogP contribution in [-0.4, -0.2) is 112 Å². The maximum absolute atomic E-state index is 14.2. The Morgan fingerprint density at radius 1 is 1.04 bits per heavy atom. The molecule has 1 aliphatic carbocycles. The number of nitro benzene ring substituents is 1. The van der Waals surface area contributed by atoms with E-state index in [9.17, 15) is 25.0 Å². The number of ether oxygens (including phenoxy) is 2. The van der Waals surface area contributed by atoms with Gasteiger partial charge in [0.05, 0.1) is 66.2 Å². The standard InChI is InChI=1S/C39H49N11O7/c1-26(41-14-16-49(52)53)35(40-2)47-15-11-28-21-33(56-3)34(57-4)22-31(28)39(47)12-9-27(10-13-39)38(51)46-19-17-45(18-20-46)36-30-23-44-48(37(30)43-25-42-36)24-29-7-5-6-8-32(29)50(54)55/h5-8,14,16,21-23,25-27,35,40-41H,9-13,15,17-20,24H2,1-4H3/b16-14+. The molecule has 4 heterocycles. The van der Waals surface area contributed by atoms with Crippen molar-refractivity contribution in [1.82, 2.24) is 40.2 Å². The second-order valence-corrected chi connectivity index (χ2v) is 14.8. The molecule has 1 saturated carbocycles. The first-order valence-corrected chi connectivity index (χ1v) is 19.3. The number of nitrogens with zero attached hydrogens (tertiary/aromatic N) is 9. The van der Waals surface area contributed by atoms with Crippen molar-refractivity contribution in [3.8, 4) is 11.5 Å². The lowest BCUT2D eigenvalue weighted by molar-refractivity contribution is -0.402. The summed E-state index contributed by atoms with van der Waals surface area (Å²) in [7, 11) is 5.18. The number of carbonyl (C=O) groups excluding carboxylic acids is 1. The van der Waals surface area contributed by atoms with Crippen LogP contribution in [0.5, 0.6) is 11.5 Å². The lowest BCUT2D eigenvalue weighted by Gasteiger charge is -2.55. The van der Waals surface area contributed by atoms with E-state index in [4.69, 9.17) is 9.47 Å². The molecule has 2 aromatic heterocycles. The van der Waals surface area contributed by atoms with Crippen LogP contribution in [0.1, 0.15) is 49.3 Å². The molecular formula is C39H49N11O7. The highest BCUT2D eigenvalue weighted by molar-refractivity contribution is 5.87. The molecule has 2 aromatic carbocycles. The highest BCUT2D eigenvalue weighted by atomic mass is 16.6. The normalized spacial score (nSPS) is 21.0. The van der Waals surface area contributed by atoms with Crippen LogP contribution in [0.2, 0.25) is 0 Å². The number of carbonyl (C=O) groups is 1. The van der Waals surface area contributed by atoms with E-state index in [2.05, 4.69) is 47.6 Å². The van der Waals surface area contributed by atoms with Crippen molar-refractivity contribution >= 4 is 28.4 Å². The topological polar surface area (TPSA) is 199 Å². The highest BCUT2D eigenvalue weighted by Gasteiger charge is 2.50. The van der Waals surface area contributed by atoms with E-state index in [1.807, 2.05) is 18.9 Å². The number of benzene rings is 2. The van der Waals surface area contributed by atoms with Crippen molar-refractivity contribution in [3.05, 3.63) is 98.2 Å². The van der Waals surface area contributed by atoms with E-state index in [0.717, 1.165) is 43.2 Å². The van der Waals surface area contributed by atoms with Gasteiger partial charge in [-0.25, -0.2) is 14.6 Å². The summed E-state index contributed by atoms with van der Waals surface area (Å²) in [5.41, 5.74) is 3.10. The molecule has 2 fully saturated rings. The van der Waals surface area contributed by atoms with Crippen LogP contribution in [0, 0.1) is 26.1 Å². The average molecular weight is 784 g/mol. The number of fused-ring (bicyclic) bond motifs is 3. The van der Waals surface area contributed by atoms with Gasteiger partial charge in [-0.2, -0.15) is 5.10 Å². The Hall–Kier alpha value is -5.88. The van der Waals surface area contributed by atoms with Crippen molar-refractivity contribution in [2.45, 2.75) is 63.3 Å². The first-order chi connectivity index (χ1) is 27.6. The molecule has 2 atom stereocenters. The van der Waals surface area contributed by atoms with Crippen LogP contribution in [-0.2, 0) is 23.3 Å². The molecule has 2 aliphatic heterocycles. The van der Waals surface area contributed by atoms with E-state index >= 15 is 0 Å². The van der Waals surface area contributed by atoms with E-state index in [0.29, 0.717) is 61.7 Å². The number of methoxy groups -OCH3 is 2. The largest absolute Gasteiger partial charge is 0.493 e. The minimum atomic E-state index is -0.486. The fourth-order valence-corrected chi connectivity index (χ4v) is 9.13. The van der Waals surface area contributed by atoms with Crippen LogP contribution in [0.4, 0.5) is 11.5 Å². The van der Waals surface area contributed by atoms with Crippen LogP contribution in [0.25, 0.3) is 11.0 Å². The van der Waals surface area contributed by atoms with Gasteiger partial charge in [0, 0.05) is 50.2 Å². The van der Waals surface area contributed by atoms with Gasteiger partial charge in [-0.05, 0) is 69.3 Å². The quantitative estimate of drug-likeness (QED) is 0.147. The lowest BCUT2D eigenvalue weighted by Crippen LogP contribution is -2.64. The van der Waals surface area contributed by atoms with Crippen LogP contribution in [0.3, 0.4) is 0 Å². The van der Waals surface area contributed by atoms with Gasteiger partial charge in [-0.1, -0.05) is 18.2 Å². The molecule has 2 unspecified atom stereocenters. The van der Waals surface area contributed by atoms with Crippen molar-refractivity contribution in [1.29, 1.82) is 0 Å². The van der Waals surface area contributed by atoms with Crippen molar-refractivity contribution < 1.29 is 24.1 Å². The van der Waals surface area contributed by atoms with Crippen LogP contribution in [0.15, 0.2) is 61.3 Å². The lowest BCUT2D eigenvalue weighted by atomic mass is 9.67. The summed E-state index contributed by atoms with van der Waals surface area (Å²) in [5, 5.41) is 34.5. The van der Waals surface area contributed by atoms with Gasteiger partial charge >= 0.3 is 0 Å². The zero-order valence-corrected chi connectivity index (χ0v) is 32.7. The van der Waals surface area contributed by atoms with Crippen molar-refractivity contribution in [2.24, 2.45) is 5.92 Å². The van der Waals surface area contributed by atoms with Gasteiger partial charge in [-0.15, -0.1) is 0 Å². The van der Waals surface area contributed by atoms with Crippen molar-refractivity contribution in [3.63, 3.8) is 0 Å². The Kier molecular flexibility index (Phi) is 11.5. The van der Waals surface area contributed by atoms with E-state index in [-0.39, 0.29) is 36.3 Å². The number of hydrogen-bond acceptors (Lipinski definition) is 14. The first-order valence-electron chi connectivity index (χ1n) is 19.3. The first kappa shape index (κ1) is 39.4. The molecule has 1 saturated heterocycles. The van der Waals surface area contributed by atoms with Gasteiger partial charge in [-0.3, -0.25) is 29.9 Å². The number of hydrogen-bond donors (Lipinski definition) is 2. The Morgan fingerprint density at radius 2 is 1.75 bits per heavy atom. The minimum Gasteiger partial charge on any atom is -0.493 e. The molecular weight excluding hydrogens is 734 g/mol. The van der Waals surface area contributed by atoms with Gasteiger partial charge in [0.1, 0.15) is 12.1 Å². The summed E-state index contributed by atoms with van der Waals surface area (Å²) < 4.78 is 13.1. The summed E-state index contributed by atoms with van der Waals surface area (Å²) in [6, 6.07) is 10.6. The van der Waals surface area contributed by atoms with Gasteiger partial charge in [0.25, 0.3) is 5.69 Å². The number of para-hydroxylation sites is 1. The molecule has 57 heavy (non-hydrogen) atoms. The fraction of sp³-hybridized carbons (Fsp3) is 0.487. The number of amides is 1. The van der Waals surface area contributed by atoms with Gasteiger partial charge < -0.3 is 29.9 Å². The molecule has 4 aromatic rings. The van der Waals surface area contributed by atoms with Crippen LogP contribution >= 0.6 is 0 Å². The third-order valence-electron chi connectivity index (χ3n) is 11.9. The third kappa shape index (κ3) is 7.66. The molecule has 2 N–H and O–H groups in total. The molecule has 1 amide bonds. The molecule has 1 spiro atoms. The minimum absolute atomic E-state index is 0.0280. The number of likely N-dealkylation sites (N-methyl/N-ethyl adjacent to an activating group) is 1. The molecule has 18 heteroatoms. The Labute approximate surface area is 330 Å². The predicted octanol–water partition coefficient (Wildman–Crippen LogP) is 3.66. The van der Waals surface area contributed by atoms with E-state index in [1.54, 1.807) is 43.3 Å². The molecule has 0 bridgehead atoms. The zero-order valence-electron chi connectivity index (χ0n) is 32.7. The smallest absolute Gasteiger partial charge is 0.274 e. The van der Waals surface area contributed by atoms with Gasteiger partial charge in [0.15, 0.2) is 17.1 Å². The third-order valence-corrected chi connectivity index (χ3v) is 11.9. The Bertz CT molecular complexity index is 2140. The molecule has 302 valence electrons. The SMILES string of the molecule is CNC(C(C)N/C=C/[N+](=O)[O-])N1CCc2cc(OC)c(OC)cc2C12CCC(C(=O)N1CCN(c3ncnc4c3cnn4Cc3ccccc3[N+](=O)[O-])CC1)CC2. The number of anilines is 1. The molecule has 0 radical (unpaired) electrons. The number of piperazine rings is 1. The average Bonchev–Trinajstić information content (AvgIpc) is 3.64. The summed E-state index contributed by atoms with van der Waals surface area (Å²) in [6.45, 7) is 5.23. The second-order valence-electron chi connectivity index (χ2n) is 14.8. The monoisotopic (exact) mass is 783 g/mol. The number of aromatic nitrogens is 4. The summed E-state index contributed by atoms with van der Waals surface area (Å²) >= 11 is 0. The maximum atomic E-state index is 14.2. The Morgan fingerprint density at radius 3 is 2.44 bits per heavy atom. The highest BCUT2D eigenvalue weighted by Crippen LogP contribution is 2.51. The van der Waals surface area contributed by atoms with Crippen LogP contribution < -0.4 is 25.0 Å². The number of nitrogens with one attached hydrogen (secondary N) is 2. The predicted molar refractivity (Wildman–Crippen MR) is 211 cm³/mol. The zero-order chi connectivity index (χ0) is 40.3. The van der Waals surface area contributed by atoms with E-state index in [1.165, 1.54) is 29.7 Å². The number of nitro groups is 2. The summed E-state index contributed by atoms with van der Waals surface area (Å²) in [5.74, 6) is 2.09. The molecule has 18 nitrogen and oxygen atoms in total. The maximum Gasteiger partial charge on any atom is 0.274 e.